The molecule has 0 fully saturated rings. The van der Waals surface area contributed by atoms with Crippen LogP contribution in [0.1, 0.15) is 0 Å². The van der Waals surface area contributed by atoms with E-state index < -0.39 is 0 Å². The molecule has 0 radical (unpaired) electrons. The smallest absolute Gasteiger partial charge is 0.116 e. The van der Waals surface area contributed by atoms with Gasteiger partial charge in [0.2, 0.25) is 0 Å². The first kappa shape index (κ1) is 57.6. The van der Waals surface area contributed by atoms with E-state index in [1.807, 2.05) is 48.8 Å². The minimum absolute atomic E-state index is 0.805. The Bertz CT molecular complexity index is 6690. The van der Waals surface area contributed by atoms with Crippen LogP contribution in [0.15, 0.2) is 316 Å². The molecule has 10 aromatic carbocycles. The van der Waals surface area contributed by atoms with Gasteiger partial charge in [0.25, 0.3) is 0 Å². The first-order valence-electron chi connectivity index (χ1n) is 33.0. The molecule has 20 aromatic rings. The Balaban J connectivity index is 0.000000139. The first-order chi connectivity index (χ1) is 49.5. The summed E-state index contributed by atoms with van der Waals surface area (Å²) in [5, 5.41) is 13.3. The van der Waals surface area contributed by atoms with Crippen molar-refractivity contribution in [3.63, 3.8) is 0 Å². The summed E-state index contributed by atoms with van der Waals surface area (Å²) in [6.07, 6.45) is 10.2. The number of rotatable bonds is 8. The van der Waals surface area contributed by atoms with Gasteiger partial charge < -0.3 is 0 Å². The van der Waals surface area contributed by atoms with E-state index in [4.69, 9.17) is 29.9 Å². The summed E-state index contributed by atoms with van der Waals surface area (Å²) >= 11 is 0. The van der Waals surface area contributed by atoms with Crippen molar-refractivity contribution in [2.45, 2.75) is 0 Å². The molecule has 0 unspecified atom stereocenters. The third kappa shape index (κ3) is 10.6. The zero-order valence-electron chi connectivity index (χ0n) is 53.4. The van der Waals surface area contributed by atoms with Crippen LogP contribution in [0.3, 0.4) is 0 Å². The summed E-state index contributed by atoms with van der Waals surface area (Å²) in [6.45, 7) is 0. The van der Waals surface area contributed by atoms with E-state index in [2.05, 4.69) is 273 Å². The molecule has 0 aliphatic carbocycles. The van der Waals surface area contributed by atoms with Crippen molar-refractivity contribution in [3.8, 4) is 90.1 Å². The highest BCUT2D eigenvalue weighted by molar-refractivity contribution is 6.08. The van der Waals surface area contributed by atoms with Gasteiger partial charge in [-0.05, 0) is 153 Å². The van der Waals surface area contributed by atoms with Gasteiger partial charge in [0.15, 0.2) is 0 Å². The van der Waals surface area contributed by atoms with E-state index in [9.17, 15) is 0 Å². The molecule has 0 N–H and O–H groups in total. The quantitative estimate of drug-likeness (QED) is 0.133. The largest absolute Gasteiger partial charge is 0.254 e. The van der Waals surface area contributed by atoms with Crippen LogP contribution in [0.2, 0.25) is 0 Å². The summed E-state index contributed by atoms with van der Waals surface area (Å²) < 4.78 is 0. The van der Waals surface area contributed by atoms with Gasteiger partial charge in [-0.15, -0.1) is 0 Å². The first-order valence-corrected chi connectivity index (χ1v) is 33.0. The number of aromatic nitrogens is 12. The minimum atomic E-state index is 0.805. The Morgan fingerprint density at radius 2 is 0.540 bits per heavy atom. The minimum Gasteiger partial charge on any atom is -0.254 e. The fraction of sp³-hybridized carbons (Fsp3) is 0. The lowest BCUT2D eigenvalue weighted by Gasteiger charge is -2.13. The topological polar surface area (TPSA) is 155 Å². The molecule has 0 saturated heterocycles. The van der Waals surface area contributed by atoms with Gasteiger partial charge in [-0.2, -0.15) is 0 Å². The maximum atomic E-state index is 5.15. The summed E-state index contributed by atoms with van der Waals surface area (Å²) in [5.74, 6) is 0. The Kier molecular flexibility index (Phi) is 13.9. The van der Waals surface area contributed by atoms with Crippen molar-refractivity contribution >= 4 is 109 Å². The van der Waals surface area contributed by atoms with Gasteiger partial charge in [-0.25, -0.2) is 49.8 Å². The van der Waals surface area contributed by atoms with Gasteiger partial charge in [0.1, 0.15) is 12.7 Å². The van der Waals surface area contributed by atoms with Crippen LogP contribution >= 0.6 is 0 Å². The molecule has 0 saturated carbocycles. The maximum Gasteiger partial charge on any atom is 0.116 e. The number of hydrogen-bond donors (Lipinski definition) is 0. The van der Waals surface area contributed by atoms with Gasteiger partial charge in [0, 0.05) is 90.1 Å². The lowest BCUT2D eigenvalue weighted by molar-refractivity contribution is 1.16. The third-order valence-electron chi connectivity index (χ3n) is 18.9. The van der Waals surface area contributed by atoms with Gasteiger partial charge >= 0.3 is 0 Å². The van der Waals surface area contributed by atoms with Crippen LogP contribution in [0.25, 0.3) is 199 Å². The lowest BCUT2D eigenvalue weighted by atomic mass is 9.95. The van der Waals surface area contributed by atoms with Crippen LogP contribution in [-0.2, 0) is 0 Å². The molecule has 464 valence electrons. The molecule has 10 aromatic heterocycles. The van der Waals surface area contributed by atoms with Crippen LogP contribution < -0.4 is 0 Å². The molecular formula is C88H52N12. The predicted molar refractivity (Wildman–Crippen MR) is 405 cm³/mol. The van der Waals surface area contributed by atoms with Crippen LogP contribution in [0.4, 0.5) is 0 Å². The SMILES string of the molecule is c1cnc2c(c1)ccc1ccc(-c3ccc(-c4ccc5cc(-c6ccc7ccc(-c8ccncn8)nc7c6)ccc5n4)c4ccccc34)nc12.c1cnc2c(c1)ccc1ccc(-c3ccc4cc(-c5ccc6cc(-c7ccc8ccc(-c9ccncn9)nc8c7)ccc6n5)ccc4c3)nc12. The number of hydrogen-bond acceptors (Lipinski definition) is 12. The van der Waals surface area contributed by atoms with Gasteiger partial charge in [-0.3, -0.25) is 9.97 Å². The number of benzene rings is 10. The second kappa shape index (κ2) is 24.1. The summed E-state index contributed by atoms with van der Waals surface area (Å²) in [6, 6.07) is 97.1. The summed E-state index contributed by atoms with van der Waals surface area (Å²) in [4.78, 5) is 56.3. The monoisotopic (exact) mass is 1280 g/mol. The average Bonchev–Trinajstić information content (AvgIpc) is 0.768. The maximum absolute atomic E-state index is 5.15. The van der Waals surface area contributed by atoms with Gasteiger partial charge in [-0.1, -0.05) is 170 Å². The lowest BCUT2D eigenvalue weighted by Crippen LogP contribution is -1.92. The molecule has 20 rings (SSSR count). The molecule has 0 atom stereocenters. The second-order valence-corrected chi connectivity index (χ2v) is 24.9. The van der Waals surface area contributed by atoms with Crippen molar-refractivity contribution in [2.75, 3.05) is 0 Å². The van der Waals surface area contributed by atoms with Crippen molar-refractivity contribution < 1.29 is 0 Å². The zero-order chi connectivity index (χ0) is 66.0. The Morgan fingerprint density at radius 1 is 0.180 bits per heavy atom. The van der Waals surface area contributed by atoms with Crippen LogP contribution in [-0.4, -0.2) is 59.8 Å². The summed E-state index contributed by atoms with van der Waals surface area (Å²) in [7, 11) is 0. The Hall–Kier alpha value is -13.8. The van der Waals surface area contributed by atoms with E-state index in [-0.39, 0.29) is 0 Å². The predicted octanol–water partition coefficient (Wildman–Crippen LogP) is 21.0. The third-order valence-corrected chi connectivity index (χ3v) is 18.9. The molecule has 12 heteroatoms. The molecule has 0 bridgehead atoms. The highest BCUT2D eigenvalue weighted by atomic mass is 14.9. The molecular weight excluding hydrogens is 1230 g/mol. The summed E-state index contributed by atoms with van der Waals surface area (Å²) in [5.41, 5.74) is 23.2. The number of nitrogens with zero attached hydrogens (tertiary/aromatic N) is 12. The Morgan fingerprint density at radius 3 is 1.05 bits per heavy atom. The fourth-order valence-electron chi connectivity index (χ4n) is 13.8. The number of pyridine rings is 8. The molecule has 0 spiro atoms. The van der Waals surface area contributed by atoms with E-state index >= 15 is 0 Å². The Labute approximate surface area is 571 Å². The van der Waals surface area contributed by atoms with Crippen LogP contribution in [0, 0.1) is 0 Å². The molecule has 0 aliphatic rings. The van der Waals surface area contributed by atoms with E-state index in [1.165, 1.54) is 0 Å². The standard InChI is InChI=1S/2C44H26N6/c1-2-28-4-5-29-12-15-39(50-44(29)43(28)46-20-1)35-10-8-30-22-34(9-7-31(30)23-35)38-17-14-36-24-32(13-16-37(36)48-38)33-6-3-27-11-18-41(49-42(27)25-33)40-19-21-45-26-47-40;1-2-6-34-33(5-1)35(15-16-36(34)39-18-12-29-9-8-28-4-3-22-46-43(28)44(29)50-39)38-19-14-32-24-30(13-17-37(32)48-38)31-10-7-27-11-20-41(49-42(27)25-31)40-21-23-45-26-47-40/h2*1-26H. The van der Waals surface area contributed by atoms with E-state index in [1.54, 1.807) is 25.0 Å². The van der Waals surface area contributed by atoms with Crippen molar-refractivity contribution in [2.24, 2.45) is 0 Å². The fourth-order valence-corrected chi connectivity index (χ4v) is 13.8. The highest BCUT2D eigenvalue weighted by Crippen LogP contribution is 2.39. The molecule has 0 amide bonds. The zero-order valence-corrected chi connectivity index (χ0v) is 53.4. The number of fused-ring (bicyclic) bond motifs is 12. The van der Waals surface area contributed by atoms with Crippen LogP contribution in [0.5, 0.6) is 0 Å². The van der Waals surface area contributed by atoms with Crippen molar-refractivity contribution in [1.82, 2.24) is 59.8 Å². The second-order valence-electron chi connectivity index (χ2n) is 24.9. The van der Waals surface area contributed by atoms with Gasteiger partial charge in [0.05, 0.1) is 89.7 Å². The highest BCUT2D eigenvalue weighted by Gasteiger charge is 2.16. The average molecular weight is 1280 g/mol. The van der Waals surface area contributed by atoms with E-state index in [0.717, 1.165) is 199 Å². The van der Waals surface area contributed by atoms with E-state index in [0.29, 0.717) is 0 Å². The molecule has 0 aliphatic heterocycles. The normalized spacial score (nSPS) is 11.6. The van der Waals surface area contributed by atoms with Crippen molar-refractivity contribution in [3.05, 3.63) is 316 Å². The molecule has 100 heavy (non-hydrogen) atoms. The molecule has 12 nitrogen and oxygen atoms in total. The molecule has 10 heterocycles. The van der Waals surface area contributed by atoms with Crippen molar-refractivity contribution in [1.29, 1.82) is 0 Å².